The highest BCUT2D eigenvalue weighted by Gasteiger charge is 2.40. The van der Waals surface area contributed by atoms with Crippen molar-refractivity contribution in [3.05, 3.63) is 23.8 Å². The second-order valence-corrected chi connectivity index (χ2v) is 6.10. The van der Waals surface area contributed by atoms with Gasteiger partial charge in [0.25, 0.3) is 0 Å². The maximum Gasteiger partial charge on any atom is 0.224 e. The van der Waals surface area contributed by atoms with Gasteiger partial charge in [0.2, 0.25) is 5.91 Å². The lowest BCUT2D eigenvalue weighted by atomic mass is 9.86. The molecule has 2 bridgehead atoms. The molecule has 3 atom stereocenters. The van der Waals surface area contributed by atoms with E-state index in [9.17, 15) is 4.79 Å². The third-order valence-electron chi connectivity index (χ3n) is 4.79. The highest BCUT2D eigenvalue weighted by atomic mass is 16.1. The number of nitrogen functional groups attached to an aromatic ring is 1. The molecule has 1 amide bonds. The molecular formula is C16H19N3O. The monoisotopic (exact) mass is 269 g/mol. The first-order chi connectivity index (χ1) is 9.65. The fourth-order valence-corrected chi connectivity index (χ4v) is 3.81. The van der Waals surface area contributed by atoms with Crippen molar-refractivity contribution < 1.29 is 4.79 Å². The molecule has 3 unspecified atom stereocenters. The number of nitrogens with one attached hydrogen (secondary N) is 1. The van der Waals surface area contributed by atoms with Crippen molar-refractivity contribution in [1.82, 2.24) is 0 Å². The largest absolute Gasteiger partial charge is 0.397 e. The van der Waals surface area contributed by atoms with Crippen LogP contribution in [-0.4, -0.2) is 5.91 Å². The summed E-state index contributed by atoms with van der Waals surface area (Å²) in [4.78, 5) is 12.1. The zero-order valence-electron chi connectivity index (χ0n) is 11.4. The van der Waals surface area contributed by atoms with E-state index in [-0.39, 0.29) is 5.91 Å². The molecule has 2 saturated carbocycles. The second-order valence-electron chi connectivity index (χ2n) is 6.10. The minimum atomic E-state index is 0.0407. The number of nitrogens with zero attached hydrogens (tertiary/aromatic N) is 1. The second kappa shape index (κ2) is 5.16. The Hall–Kier alpha value is -2.02. The van der Waals surface area contributed by atoms with Gasteiger partial charge < -0.3 is 11.1 Å². The van der Waals surface area contributed by atoms with Crippen LogP contribution in [0.4, 0.5) is 11.4 Å². The first-order valence-corrected chi connectivity index (χ1v) is 7.25. The third-order valence-corrected chi connectivity index (χ3v) is 4.79. The van der Waals surface area contributed by atoms with Gasteiger partial charge in [0.15, 0.2) is 0 Å². The van der Waals surface area contributed by atoms with Crippen molar-refractivity contribution in [2.45, 2.75) is 32.1 Å². The van der Waals surface area contributed by atoms with E-state index in [0.717, 1.165) is 11.8 Å². The number of nitrogens with two attached hydrogens (primary N) is 1. The van der Waals surface area contributed by atoms with Gasteiger partial charge in [-0.25, -0.2) is 0 Å². The number of carbonyl (C=O) groups excluding carboxylic acids is 1. The molecular weight excluding hydrogens is 250 g/mol. The molecule has 0 aromatic heterocycles. The van der Waals surface area contributed by atoms with Gasteiger partial charge in [-0.2, -0.15) is 5.26 Å². The average Bonchev–Trinajstić information content (AvgIpc) is 3.03. The summed E-state index contributed by atoms with van der Waals surface area (Å²) in [6.07, 6.45) is 5.77. The lowest BCUT2D eigenvalue weighted by Crippen LogP contribution is -2.20. The van der Waals surface area contributed by atoms with Gasteiger partial charge in [-0.1, -0.05) is 6.42 Å². The number of fused-ring (bicyclic) bond motifs is 2. The molecule has 3 N–H and O–H groups in total. The van der Waals surface area contributed by atoms with Gasteiger partial charge in [-0.3, -0.25) is 4.79 Å². The number of hydrogen-bond donors (Lipinski definition) is 2. The van der Waals surface area contributed by atoms with Crippen LogP contribution < -0.4 is 11.1 Å². The Morgan fingerprint density at radius 1 is 1.40 bits per heavy atom. The van der Waals surface area contributed by atoms with Gasteiger partial charge in [0.1, 0.15) is 0 Å². The molecule has 0 heterocycles. The van der Waals surface area contributed by atoms with E-state index >= 15 is 0 Å². The van der Waals surface area contributed by atoms with Gasteiger partial charge in [0.05, 0.1) is 23.0 Å². The summed E-state index contributed by atoms with van der Waals surface area (Å²) in [5, 5.41) is 11.7. The number of nitriles is 1. The lowest BCUT2D eigenvalue weighted by Gasteiger charge is -2.21. The molecule has 3 rings (SSSR count). The van der Waals surface area contributed by atoms with Crippen LogP contribution in [-0.2, 0) is 4.79 Å². The number of benzene rings is 1. The molecule has 2 aliphatic rings. The minimum Gasteiger partial charge on any atom is -0.397 e. The van der Waals surface area contributed by atoms with E-state index in [2.05, 4.69) is 5.32 Å². The Labute approximate surface area is 119 Å². The third kappa shape index (κ3) is 2.49. The van der Waals surface area contributed by atoms with Crippen molar-refractivity contribution in [3.63, 3.8) is 0 Å². The molecule has 104 valence electrons. The van der Waals surface area contributed by atoms with Crippen LogP contribution in [0.1, 0.15) is 37.7 Å². The number of amides is 1. The molecule has 1 aromatic rings. The molecule has 2 fully saturated rings. The molecule has 4 heteroatoms. The van der Waals surface area contributed by atoms with Crippen LogP contribution in [0, 0.1) is 29.1 Å². The first kappa shape index (κ1) is 13.0. The Bertz CT molecular complexity index is 576. The minimum absolute atomic E-state index is 0.0407. The van der Waals surface area contributed by atoms with Crippen LogP contribution in [0.3, 0.4) is 0 Å². The highest BCUT2D eigenvalue weighted by Crippen LogP contribution is 2.49. The summed E-state index contributed by atoms with van der Waals surface area (Å²) in [7, 11) is 0. The van der Waals surface area contributed by atoms with Crippen LogP contribution in [0.25, 0.3) is 0 Å². The van der Waals surface area contributed by atoms with Crippen LogP contribution >= 0.6 is 0 Å². The van der Waals surface area contributed by atoms with E-state index in [1.54, 1.807) is 18.2 Å². The van der Waals surface area contributed by atoms with Crippen molar-refractivity contribution in [1.29, 1.82) is 5.26 Å². The zero-order chi connectivity index (χ0) is 14.1. The Kier molecular flexibility index (Phi) is 3.35. The fourth-order valence-electron chi connectivity index (χ4n) is 3.81. The lowest BCUT2D eigenvalue weighted by molar-refractivity contribution is -0.117. The van der Waals surface area contributed by atoms with Crippen LogP contribution in [0.15, 0.2) is 18.2 Å². The Morgan fingerprint density at radius 3 is 2.85 bits per heavy atom. The predicted octanol–water partition coefficient (Wildman–Crippen LogP) is 2.91. The van der Waals surface area contributed by atoms with Crippen LogP contribution in [0.5, 0.6) is 0 Å². The summed E-state index contributed by atoms with van der Waals surface area (Å²) in [6.45, 7) is 0. The smallest absolute Gasteiger partial charge is 0.224 e. The molecule has 1 aromatic carbocycles. The average molecular weight is 269 g/mol. The summed E-state index contributed by atoms with van der Waals surface area (Å²) in [5.41, 5.74) is 7.41. The number of hydrogen-bond acceptors (Lipinski definition) is 3. The molecule has 0 spiro atoms. The van der Waals surface area contributed by atoms with E-state index < -0.39 is 0 Å². The molecule has 0 aliphatic heterocycles. The van der Waals surface area contributed by atoms with Gasteiger partial charge in [-0.05, 0) is 55.2 Å². The zero-order valence-corrected chi connectivity index (χ0v) is 11.4. The number of anilines is 2. The number of rotatable bonds is 3. The molecule has 4 nitrogen and oxygen atoms in total. The quantitative estimate of drug-likeness (QED) is 0.828. The molecule has 2 aliphatic carbocycles. The molecule has 0 radical (unpaired) electrons. The topological polar surface area (TPSA) is 78.9 Å². The SMILES string of the molecule is N#Cc1ccc(NC(=O)CC2CC3CCC2C3)c(N)c1. The van der Waals surface area contributed by atoms with E-state index in [0.29, 0.717) is 29.3 Å². The van der Waals surface area contributed by atoms with Crippen molar-refractivity contribution in [2.24, 2.45) is 17.8 Å². The fraction of sp³-hybridized carbons (Fsp3) is 0.500. The first-order valence-electron chi connectivity index (χ1n) is 7.25. The summed E-state index contributed by atoms with van der Waals surface area (Å²) in [6, 6.07) is 6.99. The molecule has 0 saturated heterocycles. The maximum absolute atomic E-state index is 12.1. The normalized spacial score (nSPS) is 27.2. The van der Waals surface area contributed by atoms with Crippen molar-refractivity contribution >= 4 is 17.3 Å². The van der Waals surface area contributed by atoms with Crippen LogP contribution in [0.2, 0.25) is 0 Å². The van der Waals surface area contributed by atoms with E-state index in [1.807, 2.05) is 6.07 Å². The Morgan fingerprint density at radius 2 is 2.25 bits per heavy atom. The van der Waals surface area contributed by atoms with Gasteiger partial charge >= 0.3 is 0 Å². The summed E-state index contributed by atoms with van der Waals surface area (Å²) in [5.74, 6) is 2.20. The van der Waals surface area contributed by atoms with Gasteiger partial charge in [-0.15, -0.1) is 0 Å². The van der Waals surface area contributed by atoms with Crippen molar-refractivity contribution in [3.8, 4) is 6.07 Å². The van der Waals surface area contributed by atoms with E-state index in [1.165, 1.54) is 25.7 Å². The summed E-state index contributed by atoms with van der Waals surface area (Å²) < 4.78 is 0. The number of carbonyl (C=O) groups is 1. The predicted molar refractivity (Wildman–Crippen MR) is 77.8 cm³/mol. The summed E-state index contributed by atoms with van der Waals surface area (Å²) >= 11 is 0. The maximum atomic E-state index is 12.1. The Balaban J connectivity index is 1.60. The highest BCUT2D eigenvalue weighted by molar-refractivity contribution is 5.94. The van der Waals surface area contributed by atoms with Gasteiger partial charge in [0, 0.05) is 6.42 Å². The van der Waals surface area contributed by atoms with Crippen molar-refractivity contribution in [2.75, 3.05) is 11.1 Å². The standard InChI is InChI=1S/C16H19N3O/c17-9-11-2-4-15(14(18)7-11)19-16(20)8-13-6-10-1-3-12(13)5-10/h2,4,7,10,12-13H,1,3,5-6,8,18H2,(H,19,20). The van der Waals surface area contributed by atoms with E-state index in [4.69, 9.17) is 11.0 Å². The molecule has 20 heavy (non-hydrogen) atoms.